The summed E-state index contributed by atoms with van der Waals surface area (Å²) in [5.41, 5.74) is 7.53. The number of hydrogen-bond acceptors (Lipinski definition) is 4. The lowest BCUT2D eigenvalue weighted by Crippen LogP contribution is -2.27. The molecule has 0 aromatic carbocycles. The average Bonchev–Trinajstić information content (AvgIpc) is 3.14. The Morgan fingerprint density at radius 3 is 2.84 bits per heavy atom. The van der Waals surface area contributed by atoms with Crippen LogP contribution in [0.1, 0.15) is 23.4 Å². The zero-order chi connectivity index (χ0) is 13.1. The molecule has 0 aliphatic heterocycles. The molecule has 0 unspecified atom stereocenters. The summed E-state index contributed by atoms with van der Waals surface area (Å²) in [7, 11) is 0. The Balaban J connectivity index is 1.57. The normalized spacial score (nSPS) is 15.0. The number of thiophene rings is 1. The van der Waals surface area contributed by atoms with Gasteiger partial charge in [-0.05, 0) is 36.4 Å². The number of pyridine rings is 1. The topological polar surface area (TPSA) is 42.1 Å². The summed E-state index contributed by atoms with van der Waals surface area (Å²) in [6, 6.07) is 9.11. The minimum atomic E-state index is 0.737. The molecule has 2 N–H and O–H groups in total. The van der Waals surface area contributed by atoms with Crippen LogP contribution in [0.4, 0.5) is 5.69 Å². The Hall–Kier alpha value is -1.39. The standard InChI is InChI=1S/C15H19N3S/c16-12-3-4-13(17-10-12)7-8-18(14-5-6-14)11-15-2-1-9-19-15/h1-4,9-10,14H,5-8,11,16H2. The molecule has 2 aromatic rings. The summed E-state index contributed by atoms with van der Waals surface area (Å²) in [4.78, 5) is 8.42. The zero-order valence-corrected chi connectivity index (χ0v) is 11.8. The van der Waals surface area contributed by atoms with Crippen LogP contribution < -0.4 is 5.73 Å². The first-order chi connectivity index (χ1) is 9.31. The van der Waals surface area contributed by atoms with E-state index in [1.165, 1.54) is 17.7 Å². The van der Waals surface area contributed by atoms with Crippen molar-refractivity contribution in [2.24, 2.45) is 0 Å². The second-order valence-electron chi connectivity index (χ2n) is 5.11. The van der Waals surface area contributed by atoms with Crippen molar-refractivity contribution in [3.05, 3.63) is 46.4 Å². The SMILES string of the molecule is Nc1ccc(CCN(Cc2cccs2)C2CC2)nc1. The van der Waals surface area contributed by atoms with Crippen LogP contribution in [0, 0.1) is 0 Å². The van der Waals surface area contributed by atoms with Gasteiger partial charge in [0.1, 0.15) is 0 Å². The molecule has 2 heterocycles. The molecule has 1 saturated carbocycles. The molecule has 3 rings (SSSR count). The number of aromatic nitrogens is 1. The van der Waals surface area contributed by atoms with Crippen LogP contribution in [0.25, 0.3) is 0 Å². The minimum Gasteiger partial charge on any atom is -0.397 e. The molecule has 3 nitrogen and oxygen atoms in total. The summed E-state index contributed by atoms with van der Waals surface area (Å²) in [5.74, 6) is 0. The molecular weight excluding hydrogens is 254 g/mol. The van der Waals surface area contributed by atoms with Gasteiger partial charge in [-0.2, -0.15) is 0 Å². The Morgan fingerprint density at radius 2 is 2.21 bits per heavy atom. The first-order valence-corrected chi connectivity index (χ1v) is 7.66. The predicted octanol–water partition coefficient (Wildman–Crippen LogP) is 2.93. The first-order valence-electron chi connectivity index (χ1n) is 6.78. The quantitative estimate of drug-likeness (QED) is 0.880. The lowest BCUT2D eigenvalue weighted by atomic mass is 10.2. The minimum absolute atomic E-state index is 0.737. The van der Waals surface area contributed by atoms with Gasteiger partial charge in [-0.15, -0.1) is 11.3 Å². The Morgan fingerprint density at radius 1 is 1.32 bits per heavy atom. The van der Waals surface area contributed by atoms with Gasteiger partial charge in [0, 0.05) is 36.1 Å². The number of hydrogen-bond donors (Lipinski definition) is 1. The van der Waals surface area contributed by atoms with Gasteiger partial charge in [-0.1, -0.05) is 6.07 Å². The highest BCUT2D eigenvalue weighted by atomic mass is 32.1. The van der Waals surface area contributed by atoms with Crippen molar-refractivity contribution in [1.29, 1.82) is 0 Å². The van der Waals surface area contributed by atoms with Crippen molar-refractivity contribution in [1.82, 2.24) is 9.88 Å². The summed E-state index contributed by atoms with van der Waals surface area (Å²) in [6.45, 7) is 2.16. The molecule has 100 valence electrons. The zero-order valence-electron chi connectivity index (χ0n) is 11.0. The Kier molecular flexibility index (Phi) is 3.80. The third-order valence-electron chi connectivity index (χ3n) is 3.51. The summed E-state index contributed by atoms with van der Waals surface area (Å²) >= 11 is 1.85. The van der Waals surface area contributed by atoms with Crippen LogP contribution in [0.3, 0.4) is 0 Å². The van der Waals surface area contributed by atoms with E-state index in [0.717, 1.165) is 36.9 Å². The van der Waals surface area contributed by atoms with E-state index in [1.807, 2.05) is 23.5 Å². The van der Waals surface area contributed by atoms with E-state index in [2.05, 4.69) is 27.4 Å². The third kappa shape index (κ3) is 3.55. The molecule has 2 aromatic heterocycles. The monoisotopic (exact) mass is 273 g/mol. The van der Waals surface area contributed by atoms with E-state index in [1.54, 1.807) is 6.20 Å². The van der Waals surface area contributed by atoms with Crippen LogP contribution >= 0.6 is 11.3 Å². The molecule has 0 amide bonds. The maximum Gasteiger partial charge on any atom is 0.0501 e. The fourth-order valence-electron chi connectivity index (χ4n) is 2.28. The van der Waals surface area contributed by atoms with E-state index in [0.29, 0.717) is 0 Å². The van der Waals surface area contributed by atoms with Crippen LogP contribution in [0.2, 0.25) is 0 Å². The second-order valence-corrected chi connectivity index (χ2v) is 6.15. The van der Waals surface area contributed by atoms with Gasteiger partial charge in [-0.25, -0.2) is 0 Å². The van der Waals surface area contributed by atoms with Gasteiger partial charge in [0.05, 0.1) is 11.9 Å². The maximum atomic E-state index is 5.66. The van der Waals surface area contributed by atoms with Gasteiger partial charge in [0.2, 0.25) is 0 Å². The van der Waals surface area contributed by atoms with E-state index in [9.17, 15) is 0 Å². The molecule has 0 spiro atoms. The van der Waals surface area contributed by atoms with Crippen molar-refractivity contribution in [3.63, 3.8) is 0 Å². The van der Waals surface area contributed by atoms with Gasteiger partial charge >= 0.3 is 0 Å². The fourth-order valence-corrected chi connectivity index (χ4v) is 3.00. The van der Waals surface area contributed by atoms with Gasteiger partial charge in [0.25, 0.3) is 0 Å². The summed E-state index contributed by atoms with van der Waals surface area (Å²) in [5, 5.41) is 2.15. The molecule has 0 radical (unpaired) electrons. The third-order valence-corrected chi connectivity index (χ3v) is 4.37. The van der Waals surface area contributed by atoms with Crippen molar-refractivity contribution >= 4 is 17.0 Å². The highest BCUT2D eigenvalue weighted by Gasteiger charge is 2.28. The highest BCUT2D eigenvalue weighted by Crippen LogP contribution is 2.29. The lowest BCUT2D eigenvalue weighted by molar-refractivity contribution is 0.259. The summed E-state index contributed by atoms with van der Waals surface area (Å²) < 4.78 is 0. The van der Waals surface area contributed by atoms with Crippen LogP contribution in [-0.2, 0) is 13.0 Å². The smallest absolute Gasteiger partial charge is 0.0501 e. The van der Waals surface area contributed by atoms with Crippen LogP contribution in [0.5, 0.6) is 0 Å². The molecule has 0 atom stereocenters. The Labute approximate surface area is 118 Å². The van der Waals surface area contributed by atoms with Gasteiger partial charge in [0.15, 0.2) is 0 Å². The lowest BCUT2D eigenvalue weighted by Gasteiger charge is -2.21. The predicted molar refractivity (Wildman–Crippen MR) is 80.1 cm³/mol. The van der Waals surface area contributed by atoms with Crippen molar-refractivity contribution < 1.29 is 0 Å². The van der Waals surface area contributed by atoms with Gasteiger partial charge < -0.3 is 5.73 Å². The number of anilines is 1. The number of nitrogen functional groups attached to an aromatic ring is 1. The molecule has 0 bridgehead atoms. The molecule has 19 heavy (non-hydrogen) atoms. The van der Waals surface area contributed by atoms with Crippen molar-refractivity contribution in [3.8, 4) is 0 Å². The molecule has 1 aliphatic carbocycles. The number of nitrogens with zero attached hydrogens (tertiary/aromatic N) is 2. The fraction of sp³-hybridized carbons (Fsp3) is 0.400. The average molecular weight is 273 g/mol. The molecule has 1 aliphatic rings. The maximum absolute atomic E-state index is 5.66. The molecule has 0 saturated heterocycles. The van der Waals surface area contributed by atoms with E-state index >= 15 is 0 Å². The molecule has 4 heteroatoms. The van der Waals surface area contributed by atoms with E-state index in [4.69, 9.17) is 5.73 Å². The largest absolute Gasteiger partial charge is 0.397 e. The Bertz CT molecular complexity index is 503. The van der Waals surface area contributed by atoms with Crippen molar-refractivity contribution in [2.45, 2.75) is 31.8 Å². The summed E-state index contributed by atoms with van der Waals surface area (Å²) in [6.07, 6.45) is 5.44. The van der Waals surface area contributed by atoms with Crippen LogP contribution in [0.15, 0.2) is 35.8 Å². The first kappa shape index (κ1) is 12.6. The van der Waals surface area contributed by atoms with E-state index < -0.39 is 0 Å². The van der Waals surface area contributed by atoms with E-state index in [-0.39, 0.29) is 0 Å². The molecular formula is C15H19N3S. The van der Waals surface area contributed by atoms with Crippen molar-refractivity contribution in [2.75, 3.05) is 12.3 Å². The highest BCUT2D eigenvalue weighted by molar-refractivity contribution is 7.09. The van der Waals surface area contributed by atoms with Gasteiger partial charge in [-0.3, -0.25) is 9.88 Å². The number of nitrogens with two attached hydrogens (primary N) is 1. The van der Waals surface area contributed by atoms with Crippen LogP contribution in [-0.4, -0.2) is 22.5 Å². The second kappa shape index (κ2) is 5.72. The number of rotatable bonds is 6. The molecule has 1 fully saturated rings.